The second-order valence-electron chi connectivity index (χ2n) is 11.4. The van der Waals surface area contributed by atoms with Gasteiger partial charge in [0.25, 0.3) is 0 Å². The fourth-order valence-electron chi connectivity index (χ4n) is 5.00. The zero-order valence-electron chi connectivity index (χ0n) is 22.5. The molecule has 0 radical (unpaired) electrons. The average Bonchev–Trinajstić information content (AvgIpc) is 2.70. The first-order valence-corrected chi connectivity index (χ1v) is 13.3. The molecule has 0 unspecified atom stereocenters. The van der Waals surface area contributed by atoms with Crippen LogP contribution in [0.15, 0.2) is 0 Å². The molecule has 0 heterocycles. The van der Waals surface area contributed by atoms with Gasteiger partial charge in [0.1, 0.15) is 5.75 Å². The zero-order valence-corrected chi connectivity index (χ0v) is 22.5. The Balaban J connectivity index is 2.25. The molecule has 1 heteroatoms. The van der Waals surface area contributed by atoms with Crippen molar-refractivity contribution in [1.82, 2.24) is 0 Å². The number of hydrogen-bond acceptors (Lipinski definition) is 1. The Morgan fingerprint density at radius 1 is 0.516 bits per heavy atom. The minimum Gasteiger partial charge on any atom is -0.507 e. The van der Waals surface area contributed by atoms with Crippen LogP contribution in [-0.4, -0.2) is 5.11 Å². The highest BCUT2D eigenvalue weighted by Gasteiger charge is 2.15. The average molecular weight is 431 g/mol. The molecule has 1 rings (SSSR count). The van der Waals surface area contributed by atoms with Gasteiger partial charge in [-0.1, -0.05) is 92.4 Å². The van der Waals surface area contributed by atoms with E-state index in [0.29, 0.717) is 5.75 Å². The lowest BCUT2D eigenvalue weighted by Gasteiger charge is -2.19. The van der Waals surface area contributed by atoms with Gasteiger partial charge in [-0.3, -0.25) is 0 Å². The highest BCUT2D eigenvalue weighted by molar-refractivity contribution is 5.53. The summed E-state index contributed by atoms with van der Waals surface area (Å²) >= 11 is 0. The van der Waals surface area contributed by atoms with Crippen molar-refractivity contribution < 1.29 is 5.11 Å². The predicted octanol–water partition coefficient (Wildman–Crippen LogP) is 9.63. The third-order valence-electron chi connectivity index (χ3n) is 7.93. The largest absolute Gasteiger partial charge is 0.507 e. The first kappa shape index (κ1) is 28.1. The third kappa shape index (κ3) is 10.0. The first-order chi connectivity index (χ1) is 14.5. The van der Waals surface area contributed by atoms with E-state index in [9.17, 15) is 5.11 Å². The van der Waals surface area contributed by atoms with Gasteiger partial charge >= 0.3 is 0 Å². The zero-order chi connectivity index (χ0) is 23.6. The molecule has 180 valence electrons. The van der Waals surface area contributed by atoms with Gasteiger partial charge < -0.3 is 5.11 Å². The van der Waals surface area contributed by atoms with Crippen molar-refractivity contribution in [1.29, 1.82) is 0 Å². The topological polar surface area (TPSA) is 20.2 Å². The molecule has 1 aromatic rings. The molecule has 0 saturated heterocycles. The van der Waals surface area contributed by atoms with Crippen molar-refractivity contribution >= 4 is 0 Å². The molecule has 0 aliphatic heterocycles. The molecule has 0 spiro atoms. The van der Waals surface area contributed by atoms with Crippen LogP contribution in [0.1, 0.15) is 127 Å². The SMILES string of the molecule is Cc1c(C)c(C)c(CC[C@@H](C)CCC[C@H](C)CCC[C@H](C)CCCC(C)C)c(O)c1C. The Morgan fingerprint density at radius 3 is 1.35 bits per heavy atom. The fourth-order valence-corrected chi connectivity index (χ4v) is 5.00. The maximum absolute atomic E-state index is 10.6. The minimum absolute atomic E-state index is 0.542. The Bertz CT molecular complexity index is 613. The molecule has 1 N–H and O–H groups in total. The van der Waals surface area contributed by atoms with Crippen LogP contribution in [0, 0.1) is 51.4 Å². The Hall–Kier alpha value is -0.980. The first-order valence-electron chi connectivity index (χ1n) is 13.3. The lowest BCUT2D eigenvalue weighted by molar-refractivity contribution is 0.374. The van der Waals surface area contributed by atoms with E-state index in [0.717, 1.165) is 35.7 Å². The highest BCUT2D eigenvalue weighted by Crippen LogP contribution is 2.33. The van der Waals surface area contributed by atoms with Gasteiger partial charge in [-0.05, 0) is 92.0 Å². The number of phenols is 1. The molecule has 0 aliphatic rings. The van der Waals surface area contributed by atoms with Gasteiger partial charge in [0, 0.05) is 0 Å². The predicted molar refractivity (Wildman–Crippen MR) is 139 cm³/mol. The number of aromatic hydroxyl groups is 1. The second-order valence-corrected chi connectivity index (χ2v) is 11.4. The molecule has 0 aliphatic carbocycles. The van der Waals surface area contributed by atoms with Crippen LogP contribution < -0.4 is 0 Å². The van der Waals surface area contributed by atoms with Gasteiger partial charge in [-0.15, -0.1) is 0 Å². The molecule has 1 nitrogen and oxygen atoms in total. The van der Waals surface area contributed by atoms with Crippen LogP contribution in [0.5, 0.6) is 5.75 Å². The summed E-state index contributed by atoms with van der Waals surface area (Å²) in [5.41, 5.74) is 6.13. The van der Waals surface area contributed by atoms with Crippen molar-refractivity contribution in [2.75, 3.05) is 0 Å². The summed E-state index contributed by atoms with van der Waals surface area (Å²) in [7, 11) is 0. The summed E-state index contributed by atoms with van der Waals surface area (Å²) in [6, 6.07) is 0. The molecule has 0 saturated carbocycles. The normalized spacial score (nSPS) is 14.8. The molecule has 0 amide bonds. The molecule has 0 fully saturated rings. The van der Waals surface area contributed by atoms with E-state index in [-0.39, 0.29) is 0 Å². The van der Waals surface area contributed by atoms with E-state index in [2.05, 4.69) is 62.3 Å². The maximum atomic E-state index is 10.6. The summed E-state index contributed by atoms with van der Waals surface area (Å²) in [6.07, 6.45) is 14.7. The van der Waals surface area contributed by atoms with Crippen LogP contribution >= 0.6 is 0 Å². The Morgan fingerprint density at radius 2 is 0.903 bits per heavy atom. The van der Waals surface area contributed by atoms with Crippen LogP contribution in [0.25, 0.3) is 0 Å². The molecular formula is C30H54O. The molecule has 0 aromatic heterocycles. The van der Waals surface area contributed by atoms with E-state index in [4.69, 9.17) is 0 Å². The van der Waals surface area contributed by atoms with Crippen molar-refractivity contribution in [2.45, 2.75) is 133 Å². The summed E-state index contributed by atoms with van der Waals surface area (Å²) in [6.45, 7) is 20.5. The van der Waals surface area contributed by atoms with E-state index >= 15 is 0 Å². The van der Waals surface area contributed by atoms with Gasteiger partial charge in [-0.25, -0.2) is 0 Å². The number of rotatable bonds is 15. The lowest BCUT2D eigenvalue weighted by atomic mass is 9.87. The molecule has 3 atom stereocenters. The summed E-state index contributed by atoms with van der Waals surface area (Å²) in [5.74, 6) is 3.90. The van der Waals surface area contributed by atoms with E-state index < -0.39 is 0 Å². The van der Waals surface area contributed by atoms with E-state index in [1.807, 2.05) is 0 Å². The molecule has 0 bridgehead atoms. The van der Waals surface area contributed by atoms with Crippen molar-refractivity contribution in [3.63, 3.8) is 0 Å². The van der Waals surface area contributed by atoms with Gasteiger partial charge in [0.05, 0.1) is 0 Å². The fraction of sp³-hybridized carbons (Fsp3) is 0.800. The molecule has 31 heavy (non-hydrogen) atoms. The van der Waals surface area contributed by atoms with Gasteiger partial charge in [-0.2, -0.15) is 0 Å². The minimum atomic E-state index is 0.542. The Kier molecular flexibility index (Phi) is 12.9. The van der Waals surface area contributed by atoms with Crippen LogP contribution in [-0.2, 0) is 6.42 Å². The van der Waals surface area contributed by atoms with E-state index in [1.165, 1.54) is 86.5 Å². The second kappa shape index (κ2) is 14.2. The summed E-state index contributed by atoms with van der Waals surface area (Å²) < 4.78 is 0. The third-order valence-corrected chi connectivity index (χ3v) is 7.93. The maximum Gasteiger partial charge on any atom is 0.122 e. The smallest absolute Gasteiger partial charge is 0.122 e. The molecule has 1 aromatic carbocycles. The standard InChI is InChI=1S/C30H54O/c1-21(2)13-10-14-22(3)15-11-16-23(4)17-12-18-24(5)19-20-29-27(8)25(6)26(7)28(9)30(29)31/h21-24,31H,10-20H2,1-9H3/t22-,23-,24+/m1/s1. The number of phenolic OH excluding ortho intramolecular Hbond substituents is 1. The van der Waals surface area contributed by atoms with Crippen LogP contribution in [0.2, 0.25) is 0 Å². The number of hydrogen-bond donors (Lipinski definition) is 1. The monoisotopic (exact) mass is 430 g/mol. The highest BCUT2D eigenvalue weighted by atomic mass is 16.3. The Labute approximate surface area is 195 Å². The van der Waals surface area contributed by atoms with Gasteiger partial charge in [0.15, 0.2) is 0 Å². The van der Waals surface area contributed by atoms with Crippen molar-refractivity contribution in [3.05, 3.63) is 27.8 Å². The van der Waals surface area contributed by atoms with Crippen molar-refractivity contribution in [2.24, 2.45) is 23.7 Å². The van der Waals surface area contributed by atoms with Crippen molar-refractivity contribution in [3.8, 4) is 5.75 Å². The van der Waals surface area contributed by atoms with Crippen LogP contribution in [0.4, 0.5) is 0 Å². The summed E-state index contributed by atoms with van der Waals surface area (Å²) in [5, 5.41) is 10.6. The van der Waals surface area contributed by atoms with Crippen LogP contribution in [0.3, 0.4) is 0 Å². The lowest BCUT2D eigenvalue weighted by Crippen LogP contribution is -2.04. The molecular weight excluding hydrogens is 376 g/mol. The number of benzene rings is 1. The quantitative estimate of drug-likeness (QED) is 0.293. The van der Waals surface area contributed by atoms with Gasteiger partial charge in [0.2, 0.25) is 0 Å². The van der Waals surface area contributed by atoms with E-state index in [1.54, 1.807) is 0 Å². The summed E-state index contributed by atoms with van der Waals surface area (Å²) in [4.78, 5) is 0.